The van der Waals surface area contributed by atoms with Crippen LogP contribution < -0.4 is 0 Å². The van der Waals surface area contributed by atoms with Crippen molar-refractivity contribution in [1.29, 1.82) is 0 Å². The Labute approximate surface area is 101 Å². The lowest BCUT2D eigenvalue weighted by molar-refractivity contribution is 0.332. The van der Waals surface area contributed by atoms with Crippen molar-refractivity contribution in [2.75, 3.05) is 7.11 Å². The van der Waals surface area contributed by atoms with E-state index in [-0.39, 0.29) is 0 Å². The summed E-state index contributed by atoms with van der Waals surface area (Å²) >= 11 is 0. The van der Waals surface area contributed by atoms with Gasteiger partial charge in [0.2, 0.25) is 0 Å². The van der Waals surface area contributed by atoms with Gasteiger partial charge in [-0.1, -0.05) is 23.3 Å². The SMILES string of the molecule is COC=C(C)CCC=C(C)CCC=C(C)C. The zero-order valence-corrected chi connectivity index (χ0v) is 11.5. The third kappa shape index (κ3) is 9.57. The van der Waals surface area contributed by atoms with Gasteiger partial charge in [-0.2, -0.15) is 0 Å². The molecule has 0 saturated carbocycles. The molecule has 0 aliphatic rings. The second-order valence-electron chi connectivity index (χ2n) is 4.61. The highest BCUT2D eigenvalue weighted by molar-refractivity contribution is 5.04. The maximum Gasteiger partial charge on any atom is 0.0813 e. The van der Waals surface area contributed by atoms with E-state index < -0.39 is 0 Å². The highest BCUT2D eigenvalue weighted by atomic mass is 16.5. The Morgan fingerprint density at radius 2 is 1.44 bits per heavy atom. The van der Waals surface area contributed by atoms with Gasteiger partial charge < -0.3 is 4.74 Å². The van der Waals surface area contributed by atoms with E-state index in [0.29, 0.717) is 0 Å². The number of allylic oxidation sites excluding steroid dienone is 5. The Hall–Kier alpha value is -0.980. The number of ether oxygens (including phenoxy) is 1. The van der Waals surface area contributed by atoms with Gasteiger partial charge in [0.1, 0.15) is 0 Å². The number of rotatable bonds is 7. The third-order valence-electron chi connectivity index (χ3n) is 2.44. The van der Waals surface area contributed by atoms with Gasteiger partial charge in [0.15, 0.2) is 0 Å². The third-order valence-corrected chi connectivity index (χ3v) is 2.44. The van der Waals surface area contributed by atoms with Gasteiger partial charge in [-0.05, 0) is 59.0 Å². The van der Waals surface area contributed by atoms with Crippen molar-refractivity contribution in [1.82, 2.24) is 0 Å². The van der Waals surface area contributed by atoms with Crippen LogP contribution in [0.5, 0.6) is 0 Å². The van der Waals surface area contributed by atoms with Crippen molar-refractivity contribution in [2.45, 2.75) is 53.4 Å². The van der Waals surface area contributed by atoms with Crippen LogP contribution >= 0.6 is 0 Å². The summed E-state index contributed by atoms with van der Waals surface area (Å²) in [5.41, 5.74) is 4.20. The van der Waals surface area contributed by atoms with Crippen LogP contribution in [0.3, 0.4) is 0 Å². The molecule has 0 spiro atoms. The predicted octanol–water partition coefficient (Wildman–Crippen LogP) is 5.01. The lowest BCUT2D eigenvalue weighted by Gasteiger charge is -2.00. The number of hydrogen-bond donors (Lipinski definition) is 0. The highest BCUT2D eigenvalue weighted by Gasteiger charge is 1.91. The molecular weight excluding hydrogens is 196 g/mol. The fourth-order valence-corrected chi connectivity index (χ4v) is 1.50. The minimum Gasteiger partial charge on any atom is -0.504 e. The van der Waals surface area contributed by atoms with E-state index in [9.17, 15) is 0 Å². The second-order valence-corrected chi connectivity index (χ2v) is 4.61. The first kappa shape index (κ1) is 15.0. The minimum absolute atomic E-state index is 1.09. The first-order valence-electron chi connectivity index (χ1n) is 6.03. The summed E-state index contributed by atoms with van der Waals surface area (Å²) in [4.78, 5) is 0. The molecule has 92 valence electrons. The topological polar surface area (TPSA) is 9.23 Å². The van der Waals surface area contributed by atoms with Crippen LogP contribution in [-0.4, -0.2) is 7.11 Å². The summed E-state index contributed by atoms with van der Waals surface area (Å²) in [6, 6.07) is 0. The maximum atomic E-state index is 4.96. The van der Waals surface area contributed by atoms with Gasteiger partial charge in [0.05, 0.1) is 13.4 Å². The fraction of sp³-hybridized carbons (Fsp3) is 0.600. The molecule has 0 unspecified atom stereocenters. The maximum absolute atomic E-state index is 4.96. The van der Waals surface area contributed by atoms with E-state index in [4.69, 9.17) is 4.74 Å². The van der Waals surface area contributed by atoms with Gasteiger partial charge in [0, 0.05) is 0 Å². The molecule has 16 heavy (non-hydrogen) atoms. The summed E-state index contributed by atoms with van der Waals surface area (Å²) in [6.07, 6.45) is 11.0. The Morgan fingerprint density at radius 1 is 0.875 bits per heavy atom. The molecule has 0 aromatic rings. The van der Waals surface area contributed by atoms with Gasteiger partial charge in [-0.25, -0.2) is 0 Å². The molecule has 0 aliphatic carbocycles. The lowest BCUT2D eigenvalue weighted by atomic mass is 10.1. The first-order valence-corrected chi connectivity index (χ1v) is 6.03. The molecule has 0 aromatic heterocycles. The van der Waals surface area contributed by atoms with Crippen LogP contribution in [0, 0.1) is 0 Å². The Balaban J connectivity index is 3.79. The molecule has 0 aliphatic heterocycles. The molecular formula is C15H26O. The van der Waals surface area contributed by atoms with Crippen LogP contribution in [-0.2, 0) is 4.74 Å². The second kappa shape index (κ2) is 9.26. The molecule has 0 radical (unpaired) electrons. The van der Waals surface area contributed by atoms with E-state index in [1.807, 2.05) is 6.26 Å². The van der Waals surface area contributed by atoms with Crippen molar-refractivity contribution in [3.8, 4) is 0 Å². The summed E-state index contributed by atoms with van der Waals surface area (Å²) in [5, 5.41) is 0. The zero-order chi connectivity index (χ0) is 12.4. The van der Waals surface area contributed by atoms with E-state index in [0.717, 1.165) is 19.3 Å². The molecule has 0 bridgehead atoms. The quantitative estimate of drug-likeness (QED) is 0.434. The largest absolute Gasteiger partial charge is 0.504 e. The molecule has 0 saturated heterocycles. The monoisotopic (exact) mass is 222 g/mol. The van der Waals surface area contributed by atoms with Gasteiger partial charge >= 0.3 is 0 Å². The van der Waals surface area contributed by atoms with Crippen LogP contribution in [0.1, 0.15) is 53.4 Å². The summed E-state index contributed by atoms with van der Waals surface area (Å²) < 4.78 is 4.96. The molecule has 1 nitrogen and oxygen atoms in total. The van der Waals surface area contributed by atoms with E-state index in [2.05, 4.69) is 39.8 Å². The van der Waals surface area contributed by atoms with Gasteiger partial charge in [0.25, 0.3) is 0 Å². The van der Waals surface area contributed by atoms with Crippen LogP contribution in [0.15, 0.2) is 35.1 Å². The zero-order valence-electron chi connectivity index (χ0n) is 11.5. The van der Waals surface area contributed by atoms with Crippen LogP contribution in [0.25, 0.3) is 0 Å². The van der Waals surface area contributed by atoms with Gasteiger partial charge in [-0.3, -0.25) is 0 Å². The predicted molar refractivity (Wildman–Crippen MR) is 72.4 cm³/mol. The van der Waals surface area contributed by atoms with Gasteiger partial charge in [-0.15, -0.1) is 0 Å². The van der Waals surface area contributed by atoms with Crippen molar-refractivity contribution in [2.24, 2.45) is 0 Å². The first-order chi connectivity index (χ1) is 7.56. The van der Waals surface area contributed by atoms with E-state index in [1.165, 1.54) is 23.1 Å². The van der Waals surface area contributed by atoms with Crippen molar-refractivity contribution in [3.63, 3.8) is 0 Å². The molecule has 0 aromatic carbocycles. The average Bonchev–Trinajstić information content (AvgIpc) is 2.17. The highest BCUT2D eigenvalue weighted by Crippen LogP contribution is 2.11. The van der Waals surface area contributed by atoms with Crippen molar-refractivity contribution >= 4 is 0 Å². The van der Waals surface area contributed by atoms with Crippen molar-refractivity contribution < 1.29 is 4.74 Å². The lowest BCUT2D eigenvalue weighted by Crippen LogP contribution is -1.81. The fourth-order valence-electron chi connectivity index (χ4n) is 1.50. The molecule has 0 rings (SSSR count). The Kier molecular flexibility index (Phi) is 8.69. The minimum atomic E-state index is 1.09. The summed E-state index contributed by atoms with van der Waals surface area (Å²) in [6.45, 7) is 8.62. The number of hydrogen-bond acceptors (Lipinski definition) is 1. The summed E-state index contributed by atoms with van der Waals surface area (Å²) in [7, 11) is 1.70. The molecule has 0 atom stereocenters. The molecule has 1 heteroatoms. The smallest absolute Gasteiger partial charge is 0.0813 e. The Bertz CT molecular complexity index is 265. The van der Waals surface area contributed by atoms with Crippen LogP contribution in [0.4, 0.5) is 0 Å². The molecule has 0 amide bonds. The van der Waals surface area contributed by atoms with E-state index in [1.54, 1.807) is 7.11 Å². The Morgan fingerprint density at radius 3 is 2.00 bits per heavy atom. The molecule has 0 heterocycles. The molecule has 0 N–H and O–H groups in total. The average molecular weight is 222 g/mol. The van der Waals surface area contributed by atoms with Crippen LogP contribution in [0.2, 0.25) is 0 Å². The molecule has 0 fully saturated rings. The standard InChI is InChI=1S/C15H26O/c1-13(2)8-6-9-14(3)10-7-11-15(4)12-16-5/h8,10,12H,6-7,9,11H2,1-5H3. The summed E-state index contributed by atoms with van der Waals surface area (Å²) in [5.74, 6) is 0. The van der Waals surface area contributed by atoms with E-state index >= 15 is 0 Å². The number of methoxy groups -OCH3 is 1. The normalized spacial score (nSPS) is 12.6. The van der Waals surface area contributed by atoms with Crippen molar-refractivity contribution in [3.05, 3.63) is 35.1 Å².